The molecule has 0 spiro atoms. The minimum atomic E-state index is -3.95. The van der Waals surface area contributed by atoms with Gasteiger partial charge >= 0.3 is 5.97 Å². The molecule has 0 fully saturated rings. The number of methoxy groups -OCH3 is 1. The van der Waals surface area contributed by atoms with Gasteiger partial charge in [-0.3, -0.25) is 0 Å². The molecule has 2 aromatic carbocycles. The summed E-state index contributed by atoms with van der Waals surface area (Å²) in [6, 6.07) is 17.2. The molecule has 160 valence electrons. The Morgan fingerprint density at radius 2 is 1.84 bits per heavy atom. The summed E-state index contributed by atoms with van der Waals surface area (Å²) in [5, 5.41) is 1.40. The van der Waals surface area contributed by atoms with Crippen LogP contribution in [0.4, 0.5) is 0 Å². The molecule has 0 unspecified atom stereocenters. The maximum atomic E-state index is 13.7. The average Bonchev–Trinajstić information content (AvgIpc) is 3.39. The van der Waals surface area contributed by atoms with E-state index in [1.165, 1.54) is 11.1 Å². The van der Waals surface area contributed by atoms with Crippen LogP contribution in [0.2, 0.25) is 0 Å². The van der Waals surface area contributed by atoms with Gasteiger partial charge in [0.05, 0.1) is 23.3 Å². The van der Waals surface area contributed by atoms with E-state index in [1.807, 2.05) is 13.0 Å². The van der Waals surface area contributed by atoms with Gasteiger partial charge in [0, 0.05) is 34.2 Å². The first kappa shape index (κ1) is 20.0. The maximum absolute atomic E-state index is 13.7. The number of esters is 1. The largest absolute Gasteiger partial charge is 0.465 e. The van der Waals surface area contributed by atoms with Crippen molar-refractivity contribution in [2.75, 3.05) is 7.11 Å². The molecule has 0 saturated carbocycles. The summed E-state index contributed by atoms with van der Waals surface area (Å²) in [5.74, 6) is -0.464. The number of H-pyrrole nitrogens is 1. The van der Waals surface area contributed by atoms with E-state index in [1.54, 1.807) is 67.0 Å². The van der Waals surface area contributed by atoms with E-state index in [9.17, 15) is 13.2 Å². The minimum Gasteiger partial charge on any atom is -0.465 e. The SMILES string of the molecule is COC(=O)c1ccc2[nH]cc(-c3cc4cccnc4n3S(=O)(=O)c3ccc(C)cc3)c2c1. The molecule has 3 aromatic heterocycles. The molecule has 0 saturated heterocycles. The van der Waals surface area contributed by atoms with Gasteiger partial charge in [-0.2, -0.15) is 0 Å². The second kappa shape index (κ2) is 7.35. The Labute approximate surface area is 184 Å². The van der Waals surface area contributed by atoms with Gasteiger partial charge in [-0.15, -0.1) is 0 Å². The van der Waals surface area contributed by atoms with Crippen LogP contribution in [-0.4, -0.2) is 35.4 Å². The second-order valence-corrected chi connectivity index (χ2v) is 9.27. The molecule has 5 rings (SSSR count). The van der Waals surface area contributed by atoms with Crippen molar-refractivity contribution in [3.05, 3.63) is 84.2 Å². The Morgan fingerprint density at radius 1 is 1.06 bits per heavy atom. The number of pyridine rings is 1. The summed E-state index contributed by atoms with van der Waals surface area (Å²) >= 11 is 0. The van der Waals surface area contributed by atoms with E-state index in [4.69, 9.17) is 4.74 Å². The van der Waals surface area contributed by atoms with E-state index >= 15 is 0 Å². The zero-order valence-electron chi connectivity index (χ0n) is 17.4. The van der Waals surface area contributed by atoms with Crippen molar-refractivity contribution < 1.29 is 17.9 Å². The Morgan fingerprint density at radius 3 is 2.59 bits per heavy atom. The molecule has 0 aliphatic heterocycles. The average molecular weight is 446 g/mol. The highest BCUT2D eigenvalue weighted by atomic mass is 32.2. The van der Waals surface area contributed by atoms with Gasteiger partial charge < -0.3 is 9.72 Å². The van der Waals surface area contributed by atoms with Crippen molar-refractivity contribution in [2.24, 2.45) is 0 Å². The first-order chi connectivity index (χ1) is 15.4. The highest BCUT2D eigenvalue weighted by Gasteiger charge is 2.26. The Hall–Kier alpha value is -3.91. The van der Waals surface area contributed by atoms with E-state index in [0.717, 1.165) is 11.1 Å². The molecule has 3 heterocycles. The second-order valence-electron chi connectivity index (χ2n) is 7.48. The smallest absolute Gasteiger partial charge is 0.337 e. The number of carbonyl (C=O) groups is 1. The predicted molar refractivity (Wildman–Crippen MR) is 122 cm³/mol. The Balaban J connectivity index is 1.81. The van der Waals surface area contributed by atoms with Gasteiger partial charge in [-0.25, -0.2) is 22.2 Å². The molecule has 7 nitrogen and oxygen atoms in total. The van der Waals surface area contributed by atoms with Gasteiger partial charge in [0.25, 0.3) is 10.0 Å². The standard InChI is InChI=1S/C24H19N3O4S/c1-15-5-8-18(9-6-15)32(29,30)27-22(13-16-4-3-11-25-23(16)27)20-14-26-21-10-7-17(12-19(20)21)24(28)31-2/h3-14,26H,1-2H3. The van der Waals surface area contributed by atoms with Crippen LogP contribution in [0, 0.1) is 6.92 Å². The number of benzene rings is 2. The fourth-order valence-electron chi connectivity index (χ4n) is 3.84. The van der Waals surface area contributed by atoms with E-state index in [-0.39, 0.29) is 4.90 Å². The van der Waals surface area contributed by atoms with Crippen LogP contribution < -0.4 is 0 Å². The number of hydrogen-bond acceptors (Lipinski definition) is 5. The summed E-state index contributed by atoms with van der Waals surface area (Å²) in [6.45, 7) is 1.90. The highest BCUT2D eigenvalue weighted by molar-refractivity contribution is 7.90. The van der Waals surface area contributed by atoms with Crippen molar-refractivity contribution in [2.45, 2.75) is 11.8 Å². The maximum Gasteiger partial charge on any atom is 0.337 e. The number of hydrogen-bond donors (Lipinski definition) is 1. The van der Waals surface area contributed by atoms with Gasteiger partial charge in [0.15, 0.2) is 5.65 Å². The van der Waals surface area contributed by atoms with Crippen molar-refractivity contribution in [3.63, 3.8) is 0 Å². The predicted octanol–water partition coefficient (Wildman–Crippen LogP) is 4.52. The molecule has 0 radical (unpaired) electrons. The number of fused-ring (bicyclic) bond motifs is 2. The fourth-order valence-corrected chi connectivity index (χ4v) is 5.32. The molecule has 32 heavy (non-hydrogen) atoms. The van der Waals surface area contributed by atoms with Gasteiger partial charge in [0.1, 0.15) is 0 Å². The molecule has 0 aliphatic carbocycles. The van der Waals surface area contributed by atoms with E-state index in [0.29, 0.717) is 33.2 Å². The minimum absolute atomic E-state index is 0.169. The number of aromatic nitrogens is 3. The molecule has 0 aliphatic rings. The summed E-state index contributed by atoms with van der Waals surface area (Å²) in [7, 11) is -2.63. The normalized spacial score (nSPS) is 11.8. The number of aryl methyl sites for hydroxylation is 1. The summed E-state index contributed by atoms with van der Waals surface area (Å²) in [5.41, 5.74) is 3.54. The number of aromatic amines is 1. The molecule has 1 N–H and O–H groups in total. The monoisotopic (exact) mass is 445 g/mol. The number of carbonyl (C=O) groups excluding carboxylic acids is 1. The van der Waals surface area contributed by atoms with Crippen molar-refractivity contribution >= 4 is 37.9 Å². The zero-order chi connectivity index (χ0) is 22.5. The number of rotatable bonds is 4. The van der Waals surface area contributed by atoms with Crippen LogP contribution in [0.25, 0.3) is 33.2 Å². The molecule has 0 atom stereocenters. The number of nitrogens with one attached hydrogen (secondary N) is 1. The Kier molecular flexibility index (Phi) is 4.60. The van der Waals surface area contributed by atoms with E-state index < -0.39 is 16.0 Å². The lowest BCUT2D eigenvalue weighted by molar-refractivity contribution is 0.0601. The van der Waals surface area contributed by atoms with Gasteiger partial charge in [-0.05, 0) is 55.5 Å². The molecule has 8 heteroatoms. The molecule has 0 amide bonds. The van der Waals surface area contributed by atoms with Crippen LogP contribution in [0.1, 0.15) is 15.9 Å². The topological polar surface area (TPSA) is 94.1 Å². The van der Waals surface area contributed by atoms with Crippen molar-refractivity contribution in [1.29, 1.82) is 0 Å². The lowest BCUT2D eigenvalue weighted by Crippen LogP contribution is -2.14. The van der Waals surface area contributed by atoms with Crippen molar-refractivity contribution in [1.82, 2.24) is 13.9 Å². The first-order valence-corrected chi connectivity index (χ1v) is 11.3. The van der Waals surface area contributed by atoms with Crippen molar-refractivity contribution in [3.8, 4) is 11.3 Å². The lowest BCUT2D eigenvalue weighted by Gasteiger charge is -2.11. The quantitative estimate of drug-likeness (QED) is 0.411. The molecular formula is C24H19N3O4S. The summed E-state index contributed by atoms with van der Waals surface area (Å²) in [4.78, 5) is 19.8. The Bertz CT molecular complexity index is 1600. The molecule has 5 aromatic rings. The van der Waals surface area contributed by atoms with Crippen LogP contribution in [-0.2, 0) is 14.8 Å². The number of ether oxygens (including phenoxy) is 1. The molecular weight excluding hydrogens is 426 g/mol. The summed E-state index contributed by atoms with van der Waals surface area (Å²) in [6.07, 6.45) is 3.30. The van der Waals surface area contributed by atoms with E-state index in [2.05, 4.69) is 9.97 Å². The van der Waals surface area contributed by atoms with Gasteiger partial charge in [0.2, 0.25) is 0 Å². The third kappa shape index (κ3) is 3.07. The van der Waals surface area contributed by atoms with Crippen LogP contribution >= 0.6 is 0 Å². The summed E-state index contributed by atoms with van der Waals surface area (Å²) < 4.78 is 33.6. The fraction of sp³-hybridized carbons (Fsp3) is 0.0833. The number of nitrogens with zero attached hydrogens (tertiary/aromatic N) is 2. The van der Waals surface area contributed by atoms with Gasteiger partial charge in [-0.1, -0.05) is 17.7 Å². The third-order valence-corrected chi connectivity index (χ3v) is 7.18. The van der Waals surface area contributed by atoms with Crippen LogP contribution in [0.5, 0.6) is 0 Å². The third-order valence-electron chi connectivity index (χ3n) is 5.46. The lowest BCUT2D eigenvalue weighted by atomic mass is 10.1. The zero-order valence-corrected chi connectivity index (χ0v) is 18.2. The highest BCUT2D eigenvalue weighted by Crippen LogP contribution is 2.35. The first-order valence-electron chi connectivity index (χ1n) is 9.88. The molecule has 0 bridgehead atoms. The van der Waals surface area contributed by atoms with Crippen LogP contribution in [0.3, 0.4) is 0 Å². The van der Waals surface area contributed by atoms with Crippen LogP contribution in [0.15, 0.2) is 78.0 Å².